The van der Waals surface area contributed by atoms with Gasteiger partial charge in [0, 0.05) is 23.8 Å². The van der Waals surface area contributed by atoms with E-state index >= 15 is 0 Å². The van der Waals surface area contributed by atoms with Crippen LogP contribution in [0.4, 0.5) is 0 Å². The molecule has 0 fully saturated rings. The number of aliphatic hydroxyl groups excluding tert-OH is 1. The van der Waals surface area contributed by atoms with Crippen LogP contribution in [0.25, 0.3) is 11.0 Å². The lowest BCUT2D eigenvalue weighted by Crippen LogP contribution is -2.29. The number of aromatic amines is 1. The van der Waals surface area contributed by atoms with Gasteiger partial charge in [0.2, 0.25) is 0 Å². The highest BCUT2D eigenvalue weighted by molar-refractivity contribution is 5.97. The Morgan fingerprint density at radius 1 is 1.50 bits per heavy atom. The van der Waals surface area contributed by atoms with Crippen molar-refractivity contribution in [3.63, 3.8) is 0 Å². The Labute approximate surface area is 117 Å². The molecule has 3 N–H and O–H groups in total. The third-order valence-electron chi connectivity index (χ3n) is 3.22. The lowest BCUT2D eigenvalue weighted by molar-refractivity contribution is 0.0939. The molecule has 0 aliphatic carbocycles. The zero-order chi connectivity index (χ0) is 14.7. The van der Waals surface area contributed by atoms with Crippen LogP contribution < -0.4 is 5.32 Å². The standard InChI is InChI=1S/C14H20N4O2/c1-8(4-9(2)19)6-16-14(20)11-5-12-10(3)17-18-13(12)15-7-11/h5,7-9,19H,4,6H2,1-3H3,(H,16,20)(H,15,17,18). The summed E-state index contributed by atoms with van der Waals surface area (Å²) in [5, 5.41) is 19.9. The van der Waals surface area contributed by atoms with Crippen LogP contribution in [0, 0.1) is 12.8 Å². The van der Waals surface area contributed by atoms with Gasteiger partial charge in [-0.15, -0.1) is 0 Å². The van der Waals surface area contributed by atoms with Gasteiger partial charge in [-0.25, -0.2) is 4.98 Å². The van der Waals surface area contributed by atoms with E-state index in [0.29, 0.717) is 24.2 Å². The molecule has 6 heteroatoms. The number of hydrogen-bond donors (Lipinski definition) is 3. The van der Waals surface area contributed by atoms with Crippen LogP contribution in [0.3, 0.4) is 0 Å². The molecule has 0 aromatic carbocycles. The van der Waals surface area contributed by atoms with Crippen LogP contribution in [-0.2, 0) is 0 Å². The summed E-state index contributed by atoms with van der Waals surface area (Å²) < 4.78 is 0. The smallest absolute Gasteiger partial charge is 0.252 e. The van der Waals surface area contributed by atoms with E-state index in [4.69, 9.17) is 0 Å². The fourth-order valence-corrected chi connectivity index (χ4v) is 2.18. The highest BCUT2D eigenvalue weighted by Crippen LogP contribution is 2.14. The first-order valence-corrected chi connectivity index (χ1v) is 6.74. The minimum absolute atomic E-state index is 0.155. The number of amides is 1. The Hall–Kier alpha value is -1.95. The molecule has 1 amide bonds. The summed E-state index contributed by atoms with van der Waals surface area (Å²) in [6.45, 7) is 6.17. The molecule has 20 heavy (non-hydrogen) atoms. The van der Waals surface area contributed by atoms with Crippen molar-refractivity contribution in [2.75, 3.05) is 6.54 Å². The molecule has 2 rings (SSSR count). The summed E-state index contributed by atoms with van der Waals surface area (Å²) in [7, 11) is 0. The monoisotopic (exact) mass is 276 g/mol. The minimum Gasteiger partial charge on any atom is -0.393 e. The molecule has 0 radical (unpaired) electrons. The fourth-order valence-electron chi connectivity index (χ4n) is 2.18. The van der Waals surface area contributed by atoms with Crippen molar-refractivity contribution in [1.82, 2.24) is 20.5 Å². The Kier molecular flexibility index (Phi) is 4.34. The van der Waals surface area contributed by atoms with Gasteiger partial charge in [0.05, 0.1) is 11.7 Å². The van der Waals surface area contributed by atoms with Gasteiger partial charge < -0.3 is 10.4 Å². The summed E-state index contributed by atoms with van der Waals surface area (Å²) in [6, 6.07) is 1.79. The molecule has 0 bridgehead atoms. The Bertz CT molecular complexity index is 606. The van der Waals surface area contributed by atoms with Crippen LogP contribution in [0.1, 0.15) is 36.3 Å². The highest BCUT2D eigenvalue weighted by Gasteiger charge is 2.12. The van der Waals surface area contributed by atoms with Crippen molar-refractivity contribution in [1.29, 1.82) is 0 Å². The SMILES string of the molecule is Cc1[nH]nc2ncc(C(=O)NCC(C)CC(C)O)cc12. The molecule has 0 aliphatic rings. The number of carbonyl (C=O) groups excluding carboxylic acids is 1. The lowest BCUT2D eigenvalue weighted by atomic mass is 10.0. The van der Waals surface area contributed by atoms with Gasteiger partial charge in [0.15, 0.2) is 5.65 Å². The molecule has 2 aromatic rings. The van der Waals surface area contributed by atoms with E-state index in [1.54, 1.807) is 13.0 Å². The van der Waals surface area contributed by atoms with E-state index in [-0.39, 0.29) is 17.9 Å². The Balaban J connectivity index is 2.02. The second kappa shape index (κ2) is 6.00. The van der Waals surface area contributed by atoms with E-state index in [2.05, 4.69) is 20.5 Å². The van der Waals surface area contributed by atoms with Gasteiger partial charge in [-0.2, -0.15) is 5.10 Å². The van der Waals surface area contributed by atoms with E-state index < -0.39 is 0 Å². The molecule has 6 nitrogen and oxygen atoms in total. The number of pyridine rings is 1. The number of aryl methyl sites for hydroxylation is 1. The molecule has 2 unspecified atom stereocenters. The minimum atomic E-state index is -0.353. The third kappa shape index (κ3) is 3.33. The van der Waals surface area contributed by atoms with Crippen LogP contribution in [0.2, 0.25) is 0 Å². The summed E-state index contributed by atoms with van der Waals surface area (Å²) in [5.74, 6) is 0.0729. The highest BCUT2D eigenvalue weighted by atomic mass is 16.3. The predicted molar refractivity (Wildman–Crippen MR) is 76.4 cm³/mol. The van der Waals surface area contributed by atoms with Gasteiger partial charge >= 0.3 is 0 Å². The van der Waals surface area contributed by atoms with Gasteiger partial charge in [0.1, 0.15) is 0 Å². The Morgan fingerprint density at radius 3 is 2.95 bits per heavy atom. The fraction of sp³-hybridized carbons (Fsp3) is 0.500. The largest absolute Gasteiger partial charge is 0.393 e. The maximum atomic E-state index is 12.1. The zero-order valence-electron chi connectivity index (χ0n) is 12.0. The van der Waals surface area contributed by atoms with E-state index in [1.807, 2.05) is 13.8 Å². The molecule has 0 saturated carbocycles. The molecular formula is C14H20N4O2. The topological polar surface area (TPSA) is 90.9 Å². The number of rotatable bonds is 5. The maximum Gasteiger partial charge on any atom is 0.252 e. The molecule has 2 aromatic heterocycles. The van der Waals surface area contributed by atoms with Gasteiger partial charge in [-0.05, 0) is 32.3 Å². The first kappa shape index (κ1) is 14.5. The maximum absolute atomic E-state index is 12.1. The molecule has 0 spiro atoms. The summed E-state index contributed by atoms with van der Waals surface area (Å²) >= 11 is 0. The van der Waals surface area contributed by atoms with Crippen molar-refractivity contribution < 1.29 is 9.90 Å². The number of nitrogens with one attached hydrogen (secondary N) is 2. The van der Waals surface area contributed by atoms with Crippen molar-refractivity contribution in [2.45, 2.75) is 33.3 Å². The molecule has 0 aliphatic heterocycles. The average molecular weight is 276 g/mol. The normalized spacial score (nSPS) is 14.2. The molecule has 2 heterocycles. The zero-order valence-corrected chi connectivity index (χ0v) is 12.0. The van der Waals surface area contributed by atoms with Gasteiger partial charge in [-0.1, -0.05) is 6.92 Å². The van der Waals surface area contributed by atoms with E-state index in [1.165, 1.54) is 6.20 Å². The van der Waals surface area contributed by atoms with Crippen molar-refractivity contribution >= 4 is 16.9 Å². The number of aromatic nitrogens is 3. The average Bonchev–Trinajstić information content (AvgIpc) is 2.76. The van der Waals surface area contributed by atoms with Crippen molar-refractivity contribution in [3.05, 3.63) is 23.5 Å². The second-order valence-electron chi connectivity index (χ2n) is 5.34. The van der Waals surface area contributed by atoms with Crippen LogP contribution in [-0.4, -0.2) is 38.8 Å². The lowest BCUT2D eigenvalue weighted by Gasteiger charge is -2.14. The number of carbonyl (C=O) groups is 1. The summed E-state index contributed by atoms with van der Waals surface area (Å²) in [6.07, 6.45) is 1.84. The first-order valence-electron chi connectivity index (χ1n) is 6.74. The van der Waals surface area contributed by atoms with E-state index in [0.717, 1.165) is 11.1 Å². The van der Waals surface area contributed by atoms with Crippen molar-refractivity contribution in [2.24, 2.45) is 5.92 Å². The quantitative estimate of drug-likeness (QED) is 0.770. The van der Waals surface area contributed by atoms with Crippen LogP contribution in [0.15, 0.2) is 12.3 Å². The number of hydrogen-bond acceptors (Lipinski definition) is 4. The summed E-state index contributed by atoms with van der Waals surface area (Å²) in [5.41, 5.74) is 2.03. The second-order valence-corrected chi connectivity index (χ2v) is 5.34. The van der Waals surface area contributed by atoms with Gasteiger partial charge in [0.25, 0.3) is 5.91 Å². The summed E-state index contributed by atoms with van der Waals surface area (Å²) in [4.78, 5) is 16.2. The Morgan fingerprint density at radius 2 is 2.25 bits per heavy atom. The number of fused-ring (bicyclic) bond motifs is 1. The predicted octanol–water partition coefficient (Wildman–Crippen LogP) is 1.40. The number of H-pyrrole nitrogens is 1. The molecule has 108 valence electrons. The molecule has 2 atom stereocenters. The first-order chi connectivity index (χ1) is 9.47. The van der Waals surface area contributed by atoms with Crippen LogP contribution in [0.5, 0.6) is 0 Å². The van der Waals surface area contributed by atoms with Crippen LogP contribution >= 0.6 is 0 Å². The number of aliphatic hydroxyl groups is 1. The molecule has 0 saturated heterocycles. The molecular weight excluding hydrogens is 256 g/mol. The van der Waals surface area contributed by atoms with Gasteiger partial charge in [-0.3, -0.25) is 9.89 Å². The van der Waals surface area contributed by atoms with E-state index in [9.17, 15) is 9.90 Å². The number of nitrogens with zero attached hydrogens (tertiary/aromatic N) is 2. The third-order valence-corrected chi connectivity index (χ3v) is 3.22. The van der Waals surface area contributed by atoms with Crippen molar-refractivity contribution in [3.8, 4) is 0 Å².